The van der Waals surface area contributed by atoms with Gasteiger partial charge < -0.3 is 10.6 Å². The third-order valence-electron chi connectivity index (χ3n) is 2.72. The van der Waals surface area contributed by atoms with Crippen molar-refractivity contribution in [3.63, 3.8) is 0 Å². The van der Waals surface area contributed by atoms with Crippen LogP contribution in [0.1, 0.15) is 19.4 Å². The second-order valence-corrected chi connectivity index (χ2v) is 6.05. The SMILES string of the molecule is CN(Cc1cccc(F)c1Br)CC(C)(C)CN. The van der Waals surface area contributed by atoms with E-state index in [9.17, 15) is 4.39 Å². The minimum absolute atomic E-state index is 0.0779. The van der Waals surface area contributed by atoms with E-state index in [1.54, 1.807) is 6.07 Å². The van der Waals surface area contributed by atoms with Crippen LogP contribution in [0, 0.1) is 11.2 Å². The summed E-state index contributed by atoms with van der Waals surface area (Å²) in [4.78, 5) is 2.16. The maximum Gasteiger partial charge on any atom is 0.137 e. The van der Waals surface area contributed by atoms with E-state index >= 15 is 0 Å². The highest BCUT2D eigenvalue weighted by molar-refractivity contribution is 9.10. The van der Waals surface area contributed by atoms with Gasteiger partial charge in [0.05, 0.1) is 4.47 Å². The molecular formula is C13H20BrFN2. The number of nitrogens with zero attached hydrogens (tertiary/aromatic N) is 1. The molecule has 2 nitrogen and oxygen atoms in total. The van der Waals surface area contributed by atoms with Gasteiger partial charge in [0.2, 0.25) is 0 Å². The molecule has 0 aliphatic rings. The number of halogens is 2. The second kappa shape index (κ2) is 5.94. The van der Waals surface area contributed by atoms with Gasteiger partial charge in [0.1, 0.15) is 5.82 Å². The zero-order chi connectivity index (χ0) is 13.1. The van der Waals surface area contributed by atoms with Gasteiger partial charge in [0.25, 0.3) is 0 Å². The monoisotopic (exact) mass is 302 g/mol. The Morgan fingerprint density at radius 1 is 1.41 bits per heavy atom. The molecule has 0 aromatic heterocycles. The van der Waals surface area contributed by atoms with Crippen molar-refractivity contribution in [2.24, 2.45) is 11.1 Å². The fourth-order valence-electron chi connectivity index (χ4n) is 1.81. The van der Waals surface area contributed by atoms with E-state index in [-0.39, 0.29) is 11.2 Å². The lowest BCUT2D eigenvalue weighted by molar-refractivity contribution is 0.209. The van der Waals surface area contributed by atoms with Crippen LogP contribution in [-0.4, -0.2) is 25.0 Å². The van der Waals surface area contributed by atoms with Crippen LogP contribution in [0.2, 0.25) is 0 Å². The van der Waals surface area contributed by atoms with Crippen molar-refractivity contribution >= 4 is 15.9 Å². The minimum Gasteiger partial charge on any atom is -0.330 e. The lowest BCUT2D eigenvalue weighted by atomic mass is 9.93. The molecule has 0 amide bonds. The summed E-state index contributed by atoms with van der Waals surface area (Å²) < 4.78 is 13.9. The number of nitrogens with two attached hydrogens (primary N) is 1. The van der Waals surface area contributed by atoms with Crippen LogP contribution in [0.4, 0.5) is 4.39 Å². The third-order valence-corrected chi connectivity index (χ3v) is 3.61. The number of hydrogen-bond donors (Lipinski definition) is 1. The number of rotatable bonds is 5. The van der Waals surface area contributed by atoms with Crippen LogP contribution < -0.4 is 5.73 Å². The van der Waals surface area contributed by atoms with Crippen LogP contribution in [-0.2, 0) is 6.54 Å². The van der Waals surface area contributed by atoms with E-state index in [1.165, 1.54) is 6.07 Å². The molecule has 0 heterocycles. The van der Waals surface area contributed by atoms with Gasteiger partial charge >= 0.3 is 0 Å². The van der Waals surface area contributed by atoms with Crippen LogP contribution in [0.15, 0.2) is 22.7 Å². The van der Waals surface area contributed by atoms with Crippen molar-refractivity contribution in [3.8, 4) is 0 Å². The largest absolute Gasteiger partial charge is 0.330 e. The van der Waals surface area contributed by atoms with Gasteiger partial charge in [-0.25, -0.2) is 4.39 Å². The highest BCUT2D eigenvalue weighted by Gasteiger charge is 2.18. The van der Waals surface area contributed by atoms with Gasteiger partial charge in [-0.05, 0) is 46.6 Å². The van der Waals surface area contributed by atoms with Crippen LogP contribution in [0.25, 0.3) is 0 Å². The molecule has 0 aliphatic carbocycles. The first-order chi connectivity index (χ1) is 7.85. The van der Waals surface area contributed by atoms with Crippen molar-refractivity contribution in [3.05, 3.63) is 34.1 Å². The second-order valence-electron chi connectivity index (χ2n) is 5.25. The molecule has 2 N–H and O–H groups in total. The summed E-state index contributed by atoms with van der Waals surface area (Å²) >= 11 is 3.28. The molecule has 4 heteroatoms. The number of benzene rings is 1. The third kappa shape index (κ3) is 4.37. The zero-order valence-electron chi connectivity index (χ0n) is 10.6. The van der Waals surface area contributed by atoms with E-state index in [2.05, 4.69) is 34.7 Å². The topological polar surface area (TPSA) is 29.3 Å². The maximum atomic E-state index is 13.3. The standard InChI is InChI=1S/C13H20BrFN2/c1-13(2,8-16)9-17(3)7-10-5-4-6-11(15)12(10)14/h4-6H,7-9,16H2,1-3H3. The molecule has 0 saturated carbocycles. The highest BCUT2D eigenvalue weighted by Crippen LogP contribution is 2.23. The van der Waals surface area contributed by atoms with E-state index in [4.69, 9.17) is 5.73 Å². The van der Waals surface area contributed by atoms with E-state index in [0.717, 1.165) is 12.1 Å². The fourth-order valence-corrected chi connectivity index (χ4v) is 2.20. The lowest BCUT2D eigenvalue weighted by Gasteiger charge is -2.29. The summed E-state index contributed by atoms with van der Waals surface area (Å²) in [5.41, 5.74) is 6.74. The van der Waals surface area contributed by atoms with Gasteiger partial charge in [0, 0.05) is 13.1 Å². The zero-order valence-corrected chi connectivity index (χ0v) is 12.2. The first kappa shape index (κ1) is 14.6. The lowest BCUT2D eigenvalue weighted by Crippen LogP contribution is -2.36. The van der Waals surface area contributed by atoms with Crippen molar-refractivity contribution in [2.45, 2.75) is 20.4 Å². The molecule has 1 aromatic rings. The normalized spacial score (nSPS) is 12.2. The first-order valence-electron chi connectivity index (χ1n) is 5.67. The summed E-state index contributed by atoms with van der Waals surface area (Å²) in [5, 5.41) is 0. The Bertz CT molecular complexity index is 380. The van der Waals surface area contributed by atoms with Crippen molar-refractivity contribution in [1.29, 1.82) is 0 Å². The fraction of sp³-hybridized carbons (Fsp3) is 0.538. The average molecular weight is 303 g/mol. The minimum atomic E-state index is -0.214. The Hall–Kier alpha value is -0.450. The molecule has 0 bridgehead atoms. The summed E-state index contributed by atoms with van der Waals surface area (Å²) in [6.45, 7) is 6.49. The van der Waals surface area contributed by atoms with Gasteiger partial charge in [-0.3, -0.25) is 0 Å². The summed E-state index contributed by atoms with van der Waals surface area (Å²) in [5.74, 6) is -0.214. The van der Waals surface area contributed by atoms with Crippen molar-refractivity contribution in [2.75, 3.05) is 20.1 Å². The summed E-state index contributed by atoms with van der Waals surface area (Å²) in [6, 6.07) is 5.12. The van der Waals surface area contributed by atoms with Crippen LogP contribution in [0.3, 0.4) is 0 Å². The average Bonchev–Trinajstić information content (AvgIpc) is 2.24. The first-order valence-corrected chi connectivity index (χ1v) is 6.46. The van der Waals surface area contributed by atoms with E-state index in [0.29, 0.717) is 17.6 Å². The molecule has 1 rings (SSSR count). The molecule has 0 saturated heterocycles. The van der Waals surface area contributed by atoms with Crippen LogP contribution in [0.5, 0.6) is 0 Å². The maximum absolute atomic E-state index is 13.3. The predicted octanol–water partition coefficient (Wildman–Crippen LogP) is 3.00. The molecule has 0 spiro atoms. The van der Waals surface area contributed by atoms with Gasteiger partial charge in [-0.15, -0.1) is 0 Å². The molecule has 17 heavy (non-hydrogen) atoms. The van der Waals surface area contributed by atoms with Crippen LogP contribution >= 0.6 is 15.9 Å². The van der Waals surface area contributed by atoms with Crippen molar-refractivity contribution in [1.82, 2.24) is 4.90 Å². The molecular weight excluding hydrogens is 283 g/mol. The Morgan fingerprint density at radius 3 is 2.65 bits per heavy atom. The summed E-state index contributed by atoms with van der Waals surface area (Å²) in [7, 11) is 2.02. The Balaban J connectivity index is 2.68. The summed E-state index contributed by atoms with van der Waals surface area (Å²) in [6.07, 6.45) is 0. The molecule has 96 valence electrons. The van der Waals surface area contributed by atoms with Gasteiger partial charge in [-0.1, -0.05) is 26.0 Å². The highest BCUT2D eigenvalue weighted by atomic mass is 79.9. The Morgan fingerprint density at radius 2 is 2.06 bits per heavy atom. The quantitative estimate of drug-likeness (QED) is 0.906. The van der Waals surface area contributed by atoms with Gasteiger partial charge in [0.15, 0.2) is 0 Å². The predicted molar refractivity (Wildman–Crippen MR) is 73.3 cm³/mol. The Kier molecular flexibility index (Phi) is 5.10. The van der Waals surface area contributed by atoms with E-state index < -0.39 is 0 Å². The van der Waals surface area contributed by atoms with Gasteiger partial charge in [-0.2, -0.15) is 0 Å². The number of hydrogen-bond acceptors (Lipinski definition) is 2. The Labute approximate surface area is 111 Å². The molecule has 0 atom stereocenters. The molecule has 1 aromatic carbocycles. The molecule has 0 radical (unpaired) electrons. The van der Waals surface area contributed by atoms with E-state index in [1.807, 2.05) is 13.1 Å². The molecule has 0 aliphatic heterocycles. The molecule has 0 fully saturated rings. The smallest absolute Gasteiger partial charge is 0.137 e. The molecule has 0 unspecified atom stereocenters. The van der Waals surface area contributed by atoms with Crippen molar-refractivity contribution < 1.29 is 4.39 Å².